The lowest BCUT2D eigenvalue weighted by atomic mass is 10.0. The van der Waals surface area contributed by atoms with Crippen LogP contribution in [0, 0.1) is 23.3 Å². The van der Waals surface area contributed by atoms with Gasteiger partial charge in [-0.1, -0.05) is 6.42 Å². The lowest BCUT2D eigenvalue weighted by Gasteiger charge is -2.16. The number of carbonyl (C=O) groups is 3. The number of hydrogen-bond acceptors (Lipinski definition) is 8. The van der Waals surface area contributed by atoms with Crippen molar-refractivity contribution in [2.75, 3.05) is 64.2 Å². The van der Waals surface area contributed by atoms with Gasteiger partial charge in [-0.3, -0.25) is 9.59 Å². The summed E-state index contributed by atoms with van der Waals surface area (Å²) >= 11 is 1.87. The minimum Gasteiger partial charge on any atom is -0.394 e. The van der Waals surface area contributed by atoms with Crippen LogP contribution in [0.3, 0.4) is 0 Å². The second-order valence-corrected chi connectivity index (χ2v) is 11.3. The molecule has 16 heteroatoms. The van der Waals surface area contributed by atoms with Gasteiger partial charge in [-0.25, -0.2) is 22.4 Å². The lowest BCUT2D eigenvalue weighted by Crippen LogP contribution is -2.36. The quantitative estimate of drug-likeness (QED) is 0.0480. The van der Waals surface area contributed by atoms with Gasteiger partial charge >= 0.3 is 6.03 Å². The SMILES string of the molecule is Nc1c(F)c(F)c(C(=O)NCCCOCCOCCOCCCNC(=O)CCCC[C@@H]2SC[C@@H]3NC(=O)N[C@@H]32)c(F)c1F. The number of thioether (sulfide) groups is 1. The molecule has 2 fully saturated rings. The van der Waals surface area contributed by atoms with E-state index in [4.69, 9.17) is 19.9 Å². The molecule has 0 unspecified atom stereocenters. The van der Waals surface area contributed by atoms with Gasteiger partial charge in [0.1, 0.15) is 11.3 Å². The molecule has 1 aromatic rings. The molecule has 1 aromatic carbocycles. The third-order valence-corrected chi connectivity index (χ3v) is 8.40. The van der Waals surface area contributed by atoms with E-state index in [1.807, 2.05) is 11.8 Å². The van der Waals surface area contributed by atoms with Crippen molar-refractivity contribution >= 4 is 35.3 Å². The van der Waals surface area contributed by atoms with Crippen molar-refractivity contribution in [3.05, 3.63) is 28.8 Å². The number of nitrogens with two attached hydrogens (primary N) is 1. The number of urea groups is 1. The molecule has 0 aromatic heterocycles. The van der Waals surface area contributed by atoms with Crippen LogP contribution in [-0.4, -0.2) is 93.7 Å². The van der Waals surface area contributed by atoms with Crippen LogP contribution in [0.2, 0.25) is 0 Å². The summed E-state index contributed by atoms with van der Waals surface area (Å²) in [4.78, 5) is 35.3. The maximum absolute atomic E-state index is 13.8. The molecule has 0 aliphatic carbocycles. The zero-order valence-corrected chi connectivity index (χ0v) is 24.6. The van der Waals surface area contributed by atoms with E-state index in [1.165, 1.54) is 0 Å². The Balaban J connectivity index is 1.06. The molecule has 242 valence electrons. The third kappa shape index (κ3) is 10.7. The van der Waals surface area contributed by atoms with E-state index in [1.54, 1.807) is 0 Å². The Morgan fingerprint density at radius 3 is 2.02 bits per heavy atom. The van der Waals surface area contributed by atoms with E-state index in [2.05, 4.69) is 21.3 Å². The summed E-state index contributed by atoms with van der Waals surface area (Å²) in [5.41, 5.74) is 2.22. The summed E-state index contributed by atoms with van der Waals surface area (Å²) in [6.45, 7) is 2.50. The average Bonchev–Trinajstić information content (AvgIpc) is 3.54. The smallest absolute Gasteiger partial charge is 0.315 e. The number of fused-ring (bicyclic) bond motifs is 1. The van der Waals surface area contributed by atoms with Crippen molar-refractivity contribution in [2.24, 2.45) is 0 Å². The summed E-state index contributed by atoms with van der Waals surface area (Å²) < 4.78 is 70.7. The molecule has 2 aliphatic heterocycles. The molecule has 3 rings (SSSR count). The summed E-state index contributed by atoms with van der Waals surface area (Å²) in [5, 5.41) is 11.4. The molecule has 4 amide bonds. The second-order valence-electron chi connectivity index (χ2n) is 10.1. The van der Waals surface area contributed by atoms with Gasteiger partial charge in [-0.05, 0) is 25.7 Å². The van der Waals surface area contributed by atoms with Gasteiger partial charge in [0, 0.05) is 43.7 Å². The highest BCUT2D eigenvalue weighted by Gasteiger charge is 2.42. The third-order valence-electron chi connectivity index (χ3n) is 6.89. The highest BCUT2D eigenvalue weighted by molar-refractivity contribution is 8.00. The molecule has 2 saturated heterocycles. The number of hydrogen-bond donors (Lipinski definition) is 5. The van der Waals surface area contributed by atoms with Crippen molar-refractivity contribution in [3.8, 4) is 0 Å². The van der Waals surface area contributed by atoms with Crippen LogP contribution in [-0.2, 0) is 19.0 Å². The highest BCUT2D eigenvalue weighted by atomic mass is 32.2. The molecule has 11 nitrogen and oxygen atoms in total. The minimum atomic E-state index is -1.85. The molecule has 43 heavy (non-hydrogen) atoms. The predicted molar refractivity (Wildman–Crippen MR) is 152 cm³/mol. The van der Waals surface area contributed by atoms with Crippen LogP contribution >= 0.6 is 11.8 Å². The minimum absolute atomic E-state index is 0.0221. The molecule has 2 heterocycles. The first-order valence-electron chi connectivity index (χ1n) is 14.3. The first-order chi connectivity index (χ1) is 20.7. The predicted octanol–water partition coefficient (Wildman–Crippen LogP) is 2.23. The normalized spacial score (nSPS) is 19.2. The number of ether oxygens (including phenoxy) is 3. The fourth-order valence-corrected chi connectivity index (χ4v) is 6.16. The maximum Gasteiger partial charge on any atom is 0.315 e. The Bertz CT molecular complexity index is 1080. The summed E-state index contributed by atoms with van der Waals surface area (Å²) in [7, 11) is 0. The van der Waals surface area contributed by atoms with Gasteiger partial charge in [0.2, 0.25) is 5.91 Å². The van der Waals surface area contributed by atoms with Gasteiger partial charge in [0.25, 0.3) is 5.91 Å². The van der Waals surface area contributed by atoms with Crippen molar-refractivity contribution < 1.29 is 46.2 Å². The zero-order chi connectivity index (χ0) is 31.2. The van der Waals surface area contributed by atoms with Crippen LogP contribution in [0.15, 0.2) is 0 Å². The van der Waals surface area contributed by atoms with Crippen molar-refractivity contribution in [2.45, 2.75) is 55.9 Å². The van der Waals surface area contributed by atoms with Gasteiger partial charge in [0.05, 0.1) is 38.5 Å². The van der Waals surface area contributed by atoms with E-state index >= 15 is 0 Å². The van der Waals surface area contributed by atoms with E-state index in [9.17, 15) is 31.9 Å². The number of nitrogens with one attached hydrogen (secondary N) is 4. The monoisotopic (exact) mass is 637 g/mol. The molecular formula is C27H39F4N5O6S. The van der Waals surface area contributed by atoms with Crippen LogP contribution in [0.4, 0.5) is 28.0 Å². The van der Waals surface area contributed by atoms with Crippen molar-refractivity contribution in [1.82, 2.24) is 21.3 Å². The second kappa shape index (κ2) is 18.1. The fraction of sp³-hybridized carbons (Fsp3) is 0.667. The number of carbonyl (C=O) groups excluding carboxylic acids is 3. The first kappa shape index (κ1) is 34.7. The molecule has 0 saturated carbocycles. The van der Waals surface area contributed by atoms with Gasteiger partial charge < -0.3 is 41.2 Å². The number of unbranched alkanes of at least 4 members (excludes halogenated alkanes) is 1. The Morgan fingerprint density at radius 2 is 1.40 bits per heavy atom. The molecule has 6 N–H and O–H groups in total. The largest absolute Gasteiger partial charge is 0.394 e. The van der Waals surface area contributed by atoms with Gasteiger partial charge in [0.15, 0.2) is 23.3 Å². The number of halogens is 4. The number of amides is 4. The van der Waals surface area contributed by atoms with Crippen molar-refractivity contribution in [1.29, 1.82) is 0 Å². The van der Waals surface area contributed by atoms with Crippen LogP contribution < -0.4 is 27.0 Å². The molecule has 3 atom stereocenters. The number of benzene rings is 1. The Labute approximate surface area is 251 Å². The number of anilines is 1. The van der Waals surface area contributed by atoms with Crippen LogP contribution in [0.25, 0.3) is 0 Å². The Morgan fingerprint density at radius 1 is 0.814 bits per heavy atom. The topological polar surface area (TPSA) is 153 Å². The highest BCUT2D eigenvalue weighted by Crippen LogP contribution is 2.33. The fourth-order valence-electron chi connectivity index (χ4n) is 4.62. The molecule has 0 bridgehead atoms. The van der Waals surface area contributed by atoms with E-state index in [-0.39, 0.29) is 50.2 Å². The Hall–Kier alpha value is -2.82. The van der Waals surface area contributed by atoms with Crippen LogP contribution in [0.5, 0.6) is 0 Å². The van der Waals surface area contributed by atoms with Gasteiger partial charge in [-0.15, -0.1) is 0 Å². The summed E-state index contributed by atoms with van der Waals surface area (Å²) in [6, 6.07) is 0.330. The molecule has 0 spiro atoms. The molecule has 0 radical (unpaired) electrons. The van der Waals surface area contributed by atoms with E-state index < -0.39 is 40.4 Å². The first-order valence-corrected chi connectivity index (χ1v) is 15.3. The van der Waals surface area contributed by atoms with Crippen LogP contribution in [0.1, 0.15) is 48.9 Å². The van der Waals surface area contributed by atoms with E-state index in [0.717, 1.165) is 25.0 Å². The zero-order valence-electron chi connectivity index (χ0n) is 23.8. The molecular weight excluding hydrogens is 598 g/mol. The molecule has 2 aliphatic rings. The Kier molecular flexibility index (Phi) is 14.6. The maximum atomic E-state index is 13.8. The van der Waals surface area contributed by atoms with Gasteiger partial charge in [-0.2, -0.15) is 11.8 Å². The van der Waals surface area contributed by atoms with E-state index in [0.29, 0.717) is 51.1 Å². The summed E-state index contributed by atoms with van der Waals surface area (Å²) in [5.74, 6) is -7.70. The number of nitrogen functional groups attached to an aromatic ring is 1. The van der Waals surface area contributed by atoms with Crippen molar-refractivity contribution in [3.63, 3.8) is 0 Å². The summed E-state index contributed by atoms with van der Waals surface area (Å²) in [6.07, 6.45) is 4.19. The average molecular weight is 638 g/mol. The standard InChI is InChI=1S/C27H39F4N5O6S/c28-20-19(21(29)23(31)24(32)22(20)30)26(38)34-8-4-10-41-12-14-42-13-11-40-9-3-7-33-18(37)6-2-1-5-17-25-16(15-43-17)35-27(39)36-25/h16-17,25H,1-15,32H2,(H,33,37)(H,34,38)(H2,35,36,39)/t16-,17-,25-/m0/s1. The number of rotatable bonds is 20. The lowest BCUT2D eigenvalue weighted by molar-refractivity contribution is -0.121.